The Balaban J connectivity index is 2.88. The Morgan fingerprint density at radius 2 is 2.10 bits per heavy atom. The Morgan fingerprint density at radius 1 is 1.38 bits per heavy atom. The first kappa shape index (κ1) is 17.2. The second-order valence-corrected chi connectivity index (χ2v) is 5.74. The fourth-order valence-corrected chi connectivity index (χ4v) is 1.79. The van der Waals surface area contributed by atoms with Gasteiger partial charge in [-0.2, -0.15) is 0 Å². The first-order valence-electron chi connectivity index (χ1n) is 7.13. The van der Waals surface area contributed by atoms with Gasteiger partial charge in [0.05, 0.1) is 4.92 Å². The van der Waals surface area contributed by atoms with E-state index in [0.717, 1.165) is 13.0 Å². The Hall–Kier alpha value is -1.89. The highest BCUT2D eigenvalue weighted by Gasteiger charge is 2.21. The molecule has 7 heteroatoms. The normalized spacial score (nSPS) is 11.2. The van der Waals surface area contributed by atoms with Crippen molar-refractivity contribution in [2.75, 3.05) is 30.3 Å². The first-order valence-corrected chi connectivity index (χ1v) is 7.13. The van der Waals surface area contributed by atoms with E-state index in [-0.39, 0.29) is 23.5 Å². The van der Waals surface area contributed by atoms with Crippen molar-refractivity contribution < 1.29 is 10.0 Å². The van der Waals surface area contributed by atoms with Crippen molar-refractivity contribution in [1.29, 1.82) is 0 Å². The molecule has 1 rings (SSSR count). The van der Waals surface area contributed by atoms with Crippen molar-refractivity contribution in [3.05, 3.63) is 22.2 Å². The van der Waals surface area contributed by atoms with Gasteiger partial charge in [-0.15, -0.1) is 0 Å². The number of nitro groups is 1. The van der Waals surface area contributed by atoms with Crippen LogP contribution in [0.5, 0.6) is 0 Å². The summed E-state index contributed by atoms with van der Waals surface area (Å²) in [6, 6.07) is 3.06. The third-order valence-corrected chi connectivity index (χ3v) is 3.15. The highest BCUT2D eigenvalue weighted by molar-refractivity contribution is 5.60. The molecule has 0 aliphatic heterocycles. The van der Waals surface area contributed by atoms with Gasteiger partial charge in [0.15, 0.2) is 0 Å². The summed E-state index contributed by atoms with van der Waals surface area (Å²) in [5.74, 6) is 0.872. The summed E-state index contributed by atoms with van der Waals surface area (Å²) < 4.78 is 0. The fraction of sp³-hybridized carbons (Fsp3) is 0.643. The van der Waals surface area contributed by atoms with E-state index in [1.807, 2.05) is 20.8 Å². The van der Waals surface area contributed by atoms with Gasteiger partial charge in [-0.3, -0.25) is 10.1 Å². The average Bonchev–Trinajstić information content (AvgIpc) is 2.42. The summed E-state index contributed by atoms with van der Waals surface area (Å²) in [5, 5.41) is 26.2. The molecular weight excluding hydrogens is 272 g/mol. The molecule has 0 aliphatic rings. The molecule has 1 aromatic heterocycles. The highest BCUT2D eigenvalue weighted by Crippen LogP contribution is 2.27. The molecule has 0 fully saturated rings. The minimum atomic E-state index is -0.446. The molecule has 0 atom stereocenters. The van der Waals surface area contributed by atoms with E-state index < -0.39 is 4.92 Å². The van der Waals surface area contributed by atoms with Crippen LogP contribution in [-0.4, -0.2) is 34.7 Å². The van der Waals surface area contributed by atoms with Crippen LogP contribution in [0.2, 0.25) is 0 Å². The minimum absolute atomic E-state index is 0.0446. The number of aromatic nitrogens is 1. The molecular formula is C14H24N4O3. The maximum absolute atomic E-state index is 11.1. The van der Waals surface area contributed by atoms with Gasteiger partial charge in [0.1, 0.15) is 5.82 Å². The zero-order valence-corrected chi connectivity index (χ0v) is 12.8. The molecule has 0 unspecified atom stereocenters. The number of nitrogens with one attached hydrogen (secondary N) is 2. The molecule has 118 valence electrons. The SMILES string of the molecule is CCCNc1ccc([N+](=O)[O-])c(NCC(C)(C)CCO)n1. The maximum Gasteiger partial charge on any atom is 0.311 e. The van der Waals surface area contributed by atoms with Gasteiger partial charge < -0.3 is 15.7 Å². The molecule has 0 aliphatic carbocycles. The zero-order valence-electron chi connectivity index (χ0n) is 12.8. The quantitative estimate of drug-likeness (QED) is 0.478. The second kappa shape index (κ2) is 7.78. The average molecular weight is 296 g/mol. The van der Waals surface area contributed by atoms with Crippen LogP contribution >= 0.6 is 0 Å². The lowest BCUT2D eigenvalue weighted by atomic mass is 9.90. The lowest BCUT2D eigenvalue weighted by Gasteiger charge is -2.24. The Labute approximate surface area is 124 Å². The van der Waals surface area contributed by atoms with Crippen molar-refractivity contribution >= 4 is 17.3 Å². The van der Waals surface area contributed by atoms with Crippen LogP contribution in [0, 0.1) is 15.5 Å². The van der Waals surface area contributed by atoms with Crippen LogP contribution < -0.4 is 10.6 Å². The third-order valence-electron chi connectivity index (χ3n) is 3.15. The summed E-state index contributed by atoms with van der Waals surface area (Å²) in [5.41, 5.74) is -0.214. The van der Waals surface area contributed by atoms with Crippen LogP contribution in [0.15, 0.2) is 12.1 Å². The number of rotatable bonds is 9. The molecule has 1 heterocycles. The predicted octanol–water partition coefficient (Wildman–Crippen LogP) is 2.63. The number of aliphatic hydroxyl groups excluding tert-OH is 1. The fourth-order valence-electron chi connectivity index (χ4n) is 1.79. The van der Waals surface area contributed by atoms with Crippen LogP contribution in [-0.2, 0) is 0 Å². The van der Waals surface area contributed by atoms with E-state index >= 15 is 0 Å². The molecule has 3 N–H and O–H groups in total. The number of anilines is 2. The topological polar surface area (TPSA) is 100 Å². The smallest absolute Gasteiger partial charge is 0.311 e. The van der Waals surface area contributed by atoms with E-state index in [9.17, 15) is 10.1 Å². The van der Waals surface area contributed by atoms with Crippen LogP contribution in [0.25, 0.3) is 0 Å². The highest BCUT2D eigenvalue weighted by atomic mass is 16.6. The maximum atomic E-state index is 11.1. The van der Waals surface area contributed by atoms with E-state index in [1.165, 1.54) is 6.07 Å². The van der Waals surface area contributed by atoms with Crippen molar-refractivity contribution in [2.45, 2.75) is 33.6 Å². The van der Waals surface area contributed by atoms with Crippen molar-refractivity contribution in [1.82, 2.24) is 4.98 Å². The monoisotopic (exact) mass is 296 g/mol. The molecule has 0 radical (unpaired) electrons. The molecule has 1 aromatic rings. The molecule has 0 bridgehead atoms. The molecule has 0 saturated carbocycles. The Kier molecular flexibility index (Phi) is 6.36. The summed E-state index contributed by atoms with van der Waals surface area (Å²) >= 11 is 0. The molecule has 7 nitrogen and oxygen atoms in total. The largest absolute Gasteiger partial charge is 0.396 e. The number of hydrogen-bond donors (Lipinski definition) is 3. The van der Waals surface area contributed by atoms with Gasteiger partial charge in [-0.1, -0.05) is 20.8 Å². The van der Waals surface area contributed by atoms with Gasteiger partial charge in [0, 0.05) is 25.8 Å². The van der Waals surface area contributed by atoms with Crippen LogP contribution in [0.3, 0.4) is 0 Å². The third kappa shape index (κ3) is 5.55. The van der Waals surface area contributed by atoms with Crippen molar-refractivity contribution in [2.24, 2.45) is 5.41 Å². The Morgan fingerprint density at radius 3 is 2.67 bits per heavy atom. The van der Waals surface area contributed by atoms with Crippen molar-refractivity contribution in [3.8, 4) is 0 Å². The van der Waals surface area contributed by atoms with Crippen molar-refractivity contribution in [3.63, 3.8) is 0 Å². The molecule has 0 spiro atoms. The summed E-state index contributed by atoms with van der Waals surface area (Å²) in [6.45, 7) is 7.36. The summed E-state index contributed by atoms with van der Waals surface area (Å²) in [6.07, 6.45) is 1.56. The number of nitrogens with zero attached hydrogens (tertiary/aromatic N) is 2. The van der Waals surface area contributed by atoms with Gasteiger partial charge in [0.25, 0.3) is 0 Å². The summed E-state index contributed by atoms with van der Waals surface area (Å²) in [7, 11) is 0. The number of aliphatic hydroxyl groups is 1. The van der Waals surface area contributed by atoms with E-state index in [1.54, 1.807) is 6.07 Å². The van der Waals surface area contributed by atoms with Crippen LogP contribution in [0.4, 0.5) is 17.3 Å². The van der Waals surface area contributed by atoms with Gasteiger partial charge >= 0.3 is 5.69 Å². The first-order chi connectivity index (χ1) is 9.89. The van der Waals surface area contributed by atoms with E-state index in [4.69, 9.17) is 5.11 Å². The zero-order chi connectivity index (χ0) is 15.9. The lowest BCUT2D eigenvalue weighted by Crippen LogP contribution is -2.25. The van der Waals surface area contributed by atoms with E-state index in [2.05, 4.69) is 15.6 Å². The summed E-state index contributed by atoms with van der Waals surface area (Å²) in [4.78, 5) is 14.9. The number of hydrogen-bond acceptors (Lipinski definition) is 6. The molecule has 0 amide bonds. The van der Waals surface area contributed by atoms with Crippen LogP contribution in [0.1, 0.15) is 33.6 Å². The number of pyridine rings is 1. The van der Waals surface area contributed by atoms with Gasteiger partial charge in [0.2, 0.25) is 5.82 Å². The lowest BCUT2D eigenvalue weighted by molar-refractivity contribution is -0.384. The Bertz CT molecular complexity index is 477. The van der Waals surface area contributed by atoms with Gasteiger partial charge in [-0.05, 0) is 24.3 Å². The molecule has 0 aromatic carbocycles. The standard InChI is InChI=1S/C14H24N4O3/c1-4-8-15-12-6-5-11(18(20)21)13(17-12)16-10-14(2,3)7-9-19/h5-6,19H,4,7-10H2,1-3H3,(H2,15,16,17). The predicted molar refractivity (Wildman–Crippen MR) is 83.6 cm³/mol. The molecule has 0 saturated heterocycles. The van der Waals surface area contributed by atoms with E-state index in [0.29, 0.717) is 18.8 Å². The second-order valence-electron chi connectivity index (χ2n) is 5.74. The van der Waals surface area contributed by atoms with Gasteiger partial charge in [-0.25, -0.2) is 4.98 Å². The minimum Gasteiger partial charge on any atom is -0.396 e. The molecule has 21 heavy (non-hydrogen) atoms.